The highest BCUT2D eigenvalue weighted by Crippen LogP contribution is 1.96. The second-order valence-electron chi connectivity index (χ2n) is 2.44. The molecule has 1 aliphatic carbocycles. The minimum absolute atomic E-state index is 0.471. The minimum Gasteiger partial charge on any atom is -0.299 e. The zero-order valence-electron chi connectivity index (χ0n) is 7.12. The highest BCUT2D eigenvalue weighted by molar-refractivity contribution is 6.50. The summed E-state index contributed by atoms with van der Waals surface area (Å²) < 4.78 is 0. The van der Waals surface area contributed by atoms with Gasteiger partial charge in [-0.1, -0.05) is 25.2 Å². The first kappa shape index (κ1) is 8.65. The molecule has 12 heavy (non-hydrogen) atoms. The third kappa shape index (κ3) is 2.31. The minimum atomic E-state index is 0.471. The Balaban J connectivity index is 2.69. The fourth-order valence-corrected chi connectivity index (χ4v) is 0.825. The van der Waals surface area contributed by atoms with Crippen LogP contribution >= 0.6 is 0 Å². The number of aliphatic imine (C=N–C) groups is 1. The molecule has 0 aromatic carbocycles. The van der Waals surface area contributed by atoms with Gasteiger partial charge in [-0.05, 0) is 18.6 Å². The van der Waals surface area contributed by atoms with Crippen molar-refractivity contribution in [2.24, 2.45) is 4.99 Å². The van der Waals surface area contributed by atoms with Crippen LogP contribution < -0.4 is 0 Å². The Morgan fingerprint density at radius 3 is 2.83 bits per heavy atom. The SMILES string of the molecule is CC/C=C\N=C1\C=CC=CC1=N. The van der Waals surface area contributed by atoms with E-state index in [1.807, 2.05) is 24.3 Å². The molecule has 0 unspecified atom stereocenters. The van der Waals surface area contributed by atoms with Crippen LogP contribution in [0.25, 0.3) is 0 Å². The van der Waals surface area contributed by atoms with Gasteiger partial charge in [0.25, 0.3) is 0 Å². The second-order valence-corrected chi connectivity index (χ2v) is 2.44. The molecule has 0 radical (unpaired) electrons. The second kappa shape index (κ2) is 4.44. The third-order valence-electron chi connectivity index (χ3n) is 1.46. The predicted octanol–water partition coefficient (Wildman–Crippen LogP) is 2.50. The van der Waals surface area contributed by atoms with E-state index >= 15 is 0 Å². The number of nitrogens with zero attached hydrogens (tertiary/aromatic N) is 1. The molecule has 0 heterocycles. The van der Waals surface area contributed by atoms with E-state index in [9.17, 15) is 0 Å². The average molecular weight is 160 g/mol. The van der Waals surface area contributed by atoms with Gasteiger partial charge in [0.1, 0.15) is 0 Å². The molecule has 0 saturated heterocycles. The van der Waals surface area contributed by atoms with Gasteiger partial charge in [0.05, 0.1) is 11.4 Å². The summed E-state index contributed by atoms with van der Waals surface area (Å²) in [7, 11) is 0. The summed E-state index contributed by atoms with van der Waals surface area (Å²) in [6.07, 6.45) is 12.0. The molecule has 0 saturated carbocycles. The van der Waals surface area contributed by atoms with Gasteiger partial charge in [-0.3, -0.25) is 10.4 Å². The molecule has 1 aliphatic rings. The predicted molar refractivity (Wildman–Crippen MR) is 52.9 cm³/mol. The van der Waals surface area contributed by atoms with Crippen molar-refractivity contribution in [3.63, 3.8) is 0 Å². The van der Waals surface area contributed by atoms with Gasteiger partial charge in [0.2, 0.25) is 0 Å². The molecule has 2 nitrogen and oxygen atoms in total. The topological polar surface area (TPSA) is 36.2 Å². The maximum Gasteiger partial charge on any atom is 0.0878 e. The van der Waals surface area contributed by atoms with Gasteiger partial charge < -0.3 is 0 Å². The van der Waals surface area contributed by atoms with Crippen molar-refractivity contribution in [3.8, 4) is 0 Å². The van der Waals surface area contributed by atoms with Crippen LogP contribution in [0.3, 0.4) is 0 Å². The van der Waals surface area contributed by atoms with Gasteiger partial charge in [0.15, 0.2) is 0 Å². The van der Waals surface area contributed by atoms with Crippen molar-refractivity contribution < 1.29 is 0 Å². The molecule has 1 N–H and O–H groups in total. The maximum absolute atomic E-state index is 7.48. The fraction of sp³-hybridized carbons (Fsp3) is 0.200. The van der Waals surface area contributed by atoms with Crippen LogP contribution in [-0.4, -0.2) is 11.4 Å². The Labute approximate surface area is 72.5 Å². The van der Waals surface area contributed by atoms with Gasteiger partial charge in [-0.25, -0.2) is 0 Å². The van der Waals surface area contributed by atoms with Crippen LogP contribution in [0.5, 0.6) is 0 Å². The van der Waals surface area contributed by atoms with Gasteiger partial charge in [0, 0.05) is 6.20 Å². The van der Waals surface area contributed by atoms with Crippen LogP contribution in [-0.2, 0) is 0 Å². The van der Waals surface area contributed by atoms with Crippen LogP contribution in [0.4, 0.5) is 0 Å². The Morgan fingerprint density at radius 1 is 1.42 bits per heavy atom. The Morgan fingerprint density at radius 2 is 2.17 bits per heavy atom. The van der Waals surface area contributed by atoms with E-state index in [0.29, 0.717) is 5.71 Å². The molecular weight excluding hydrogens is 148 g/mol. The van der Waals surface area contributed by atoms with Crippen LogP contribution in [0.1, 0.15) is 13.3 Å². The fourth-order valence-electron chi connectivity index (χ4n) is 0.825. The van der Waals surface area contributed by atoms with Crippen molar-refractivity contribution >= 4 is 11.4 Å². The number of hydrogen-bond donors (Lipinski definition) is 1. The van der Waals surface area contributed by atoms with Crippen LogP contribution in [0.2, 0.25) is 0 Å². The van der Waals surface area contributed by atoms with E-state index in [1.165, 1.54) is 0 Å². The smallest absolute Gasteiger partial charge is 0.0878 e. The van der Waals surface area contributed by atoms with Crippen LogP contribution in [0.15, 0.2) is 41.6 Å². The van der Waals surface area contributed by atoms with E-state index in [0.717, 1.165) is 12.1 Å². The first-order chi connectivity index (χ1) is 5.84. The summed E-state index contributed by atoms with van der Waals surface area (Å²) in [5.41, 5.74) is 1.19. The maximum atomic E-state index is 7.48. The van der Waals surface area contributed by atoms with Gasteiger partial charge >= 0.3 is 0 Å². The summed E-state index contributed by atoms with van der Waals surface area (Å²) >= 11 is 0. The summed E-state index contributed by atoms with van der Waals surface area (Å²) in [4.78, 5) is 4.13. The van der Waals surface area contributed by atoms with E-state index in [4.69, 9.17) is 5.41 Å². The number of allylic oxidation sites excluding steroid dienone is 5. The van der Waals surface area contributed by atoms with Crippen molar-refractivity contribution in [1.82, 2.24) is 0 Å². The van der Waals surface area contributed by atoms with Crippen molar-refractivity contribution in [2.75, 3.05) is 0 Å². The van der Waals surface area contributed by atoms with Crippen molar-refractivity contribution in [1.29, 1.82) is 5.41 Å². The zero-order chi connectivity index (χ0) is 8.81. The van der Waals surface area contributed by atoms with Gasteiger partial charge in [-0.15, -0.1) is 0 Å². The summed E-state index contributed by atoms with van der Waals surface area (Å²) in [5.74, 6) is 0. The number of hydrogen-bond acceptors (Lipinski definition) is 2. The third-order valence-corrected chi connectivity index (χ3v) is 1.46. The molecule has 62 valence electrons. The zero-order valence-corrected chi connectivity index (χ0v) is 7.12. The first-order valence-electron chi connectivity index (χ1n) is 4.01. The lowest BCUT2D eigenvalue weighted by molar-refractivity contribution is 1.21. The Kier molecular flexibility index (Phi) is 3.20. The van der Waals surface area contributed by atoms with Crippen molar-refractivity contribution in [2.45, 2.75) is 13.3 Å². The van der Waals surface area contributed by atoms with Crippen molar-refractivity contribution in [3.05, 3.63) is 36.6 Å². The van der Waals surface area contributed by atoms with E-state index in [1.54, 1.807) is 12.3 Å². The largest absolute Gasteiger partial charge is 0.299 e. The Bertz CT molecular complexity index is 280. The average Bonchev–Trinajstić information content (AvgIpc) is 2.09. The summed E-state index contributed by atoms with van der Waals surface area (Å²) in [6, 6.07) is 0. The lowest BCUT2D eigenvalue weighted by atomic mass is 10.1. The lowest BCUT2D eigenvalue weighted by Gasteiger charge is -1.99. The quantitative estimate of drug-likeness (QED) is 0.602. The highest BCUT2D eigenvalue weighted by Gasteiger charge is 2.00. The molecule has 0 atom stereocenters. The first-order valence-corrected chi connectivity index (χ1v) is 4.01. The Hall–Kier alpha value is -1.44. The van der Waals surface area contributed by atoms with Gasteiger partial charge in [-0.2, -0.15) is 0 Å². The molecule has 0 bridgehead atoms. The number of nitrogens with one attached hydrogen (secondary N) is 1. The molecule has 0 aliphatic heterocycles. The van der Waals surface area contributed by atoms with E-state index in [2.05, 4.69) is 11.9 Å². The normalized spacial score (nSPS) is 19.8. The standard InChI is InChI=1S/C10H12N2/c1-2-3-8-12-10-7-5-4-6-9(10)11/h3-8,11H,2H2,1H3/b8-3-,11-9?,12-10-. The molecule has 0 fully saturated rings. The molecule has 0 amide bonds. The van der Waals surface area contributed by atoms with Crippen LogP contribution in [0, 0.1) is 5.41 Å². The summed E-state index contributed by atoms with van der Waals surface area (Å²) in [5, 5.41) is 7.48. The molecule has 0 aromatic rings. The molecule has 0 spiro atoms. The monoisotopic (exact) mass is 160 g/mol. The number of rotatable bonds is 2. The van der Waals surface area contributed by atoms with E-state index < -0.39 is 0 Å². The summed E-state index contributed by atoms with van der Waals surface area (Å²) in [6.45, 7) is 2.05. The highest BCUT2D eigenvalue weighted by atomic mass is 14.7. The van der Waals surface area contributed by atoms with E-state index in [-0.39, 0.29) is 0 Å². The molecular formula is C10H12N2. The lowest BCUT2D eigenvalue weighted by Crippen LogP contribution is -2.08. The molecule has 2 heteroatoms. The molecule has 1 rings (SSSR count). The molecule has 0 aromatic heterocycles.